The van der Waals surface area contributed by atoms with Crippen LogP contribution in [0.4, 0.5) is 10.5 Å². The summed E-state index contributed by atoms with van der Waals surface area (Å²) in [5.74, 6) is 1.01. The minimum atomic E-state index is -0.0453. The van der Waals surface area contributed by atoms with E-state index in [0.29, 0.717) is 17.8 Å². The quantitative estimate of drug-likeness (QED) is 0.870. The average molecular weight is 339 g/mol. The molecule has 4 rings (SSSR count). The maximum atomic E-state index is 12.5. The van der Waals surface area contributed by atoms with E-state index in [1.54, 1.807) is 6.92 Å². The zero-order valence-corrected chi connectivity index (χ0v) is 14.2. The smallest absolute Gasteiger partial charge is 0.321 e. The van der Waals surface area contributed by atoms with Crippen LogP contribution in [0.5, 0.6) is 0 Å². The summed E-state index contributed by atoms with van der Waals surface area (Å²) in [5, 5.41) is 10.8. The topological polar surface area (TPSA) is 74.5 Å². The summed E-state index contributed by atoms with van der Waals surface area (Å²) >= 11 is 0. The van der Waals surface area contributed by atoms with Crippen molar-refractivity contribution in [3.05, 3.63) is 42.3 Å². The Morgan fingerprint density at radius 2 is 1.96 bits per heavy atom. The Labute approximate surface area is 146 Å². The highest BCUT2D eigenvalue weighted by molar-refractivity contribution is 5.89. The summed E-state index contributed by atoms with van der Waals surface area (Å²) in [4.78, 5) is 16.8. The number of amides is 2. The highest BCUT2D eigenvalue weighted by Crippen LogP contribution is 2.22. The number of aryl methyl sites for hydroxylation is 1. The summed E-state index contributed by atoms with van der Waals surface area (Å²) in [5.41, 5.74) is 1.60. The molecule has 0 unspecified atom stereocenters. The molecule has 3 heterocycles. The first-order valence-electron chi connectivity index (χ1n) is 8.54. The van der Waals surface area contributed by atoms with Crippen LogP contribution >= 0.6 is 0 Å². The van der Waals surface area contributed by atoms with Crippen LogP contribution in [0.15, 0.2) is 40.8 Å². The van der Waals surface area contributed by atoms with Gasteiger partial charge in [-0.1, -0.05) is 12.2 Å². The third-order valence-corrected chi connectivity index (χ3v) is 4.72. The van der Waals surface area contributed by atoms with Crippen LogP contribution in [0.1, 0.15) is 12.3 Å². The number of hydrogen-bond donors (Lipinski definition) is 1. The molecule has 7 nitrogen and oxygen atoms in total. The van der Waals surface area contributed by atoms with E-state index in [1.807, 2.05) is 29.2 Å². The van der Waals surface area contributed by atoms with E-state index >= 15 is 0 Å². The predicted molar refractivity (Wildman–Crippen MR) is 94.2 cm³/mol. The standard InChI is InChI=1S/C18H21N5O2/c1-13-20-21-17(25-13)14-4-6-15(7-5-14)19-18(24)23-11-8-16(12-23)22-9-2-3-10-22/h2-7,16H,8-12H2,1H3,(H,19,24)/t16-/m1/s1. The number of aromatic nitrogens is 2. The Bertz CT molecular complexity index is 775. The van der Waals surface area contributed by atoms with Crippen molar-refractivity contribution in [1.29, 1.82) is 0 Å². The van der Waals surface area contributed by atoms with Crippen LogP contribution in [-0.2, 0) is 0 Å². The van der Waals surface area contributed by atoms with E-state index in [-0.39, 0.29) is 6.03 Å². The summed E-state index contributed by atoms with van der Waals surface area (Å²) in [6.45, 7) is 5.33. The normalized spacial score (nSPS) is 20.4. The first-order valence-corrected chi connectivity index (χ1v) is 8.54. The van der Waals surface area contributed by atoms with Gasteiger partial charge in [-0.2, -0.15) is 0 Å². The van der Waals surface area contributed by atoms with Gasteiger partial charge in [0.1, 0.15) is 0 Å². The van der Waals surface area contributed by atoms with Gasteiger partial charge in [0.2, 0.25) is 11.8 Å². The molecule has 1 aromatic heterocycles. The largest absolute Gasteiger partial charge is 0.421 e. The van der Waals surface area contributed by atoms with Gasteiger partial charge in [-0.15, -0.1) is 10.2 Å². The van der Waals surface area contributed by atoms with Gasteiger partial charge in [-0.25, -0.2) is 4.79 Å². The summed E-state index contributed by atoms with van der Waals surface area (Å²) in [6, 6.07) is 7.85. The Hall–Kier alpha value is -2.67. The summed E-state index contributed by atoms with van der Waals surface area (Å²) in [6.07, 6.45) is 5.41. The van der Waals surface area contributed by atoms with Crippen molar-refractivity contribution in [3.8, 4) is 11.5 Å². The second-order valence-electron chi connectivity index (χ2n) is 6.45. The number of anilines is 1. The van der Waals surface area contributed by atoms with Gasteiger partial charge in [0, 0.05) is 50.4 Å². The van der Waals surface area contributed by atoms with Crippen LogP contribution in [0.3, 0.4) is 0 Å². The SMILES string of the molecule is Cc1nnc(-c2ccc(NC(=O)N3CC[C@@H](N4CC=CC4)C3)cc2)o1. The lowest BCUT2D eigenvalue weighted by Gasteiger charge is -2.23. The van der Waals surface area contributed by atoms with E-state index in [1.165, 1.54) is 0 Å². The lowest BCUT2D eigenvalue weighted by Crippen LogP contribution is -2.38. The molecular formula is C18H21N5O2. The van der Waals surface area contributed by atoms with Crippen molar-refractivity contribution in [2.45, 2.75) is 19.4 Å². The van der Waals surface area contributed by atoms with Crippen molar-refractivity contribution in [1.82, 2.24) is 20.0 Å². The fourth-order valence-electron chi connectivity index (χ4n) is 3.33. The minimum Gasteiger partial charge on any atom is -0.421 e. The predicted octanol–water partition coefficient (Wildman–Crippen LogP) is 2.52. The molecule has 130 valence electrons. The zero-order chi connectivity index (χ0) is 17.2. The van der Waals surface area contributed by atoms with Gasteiger partial charge < -0.3 is 14.6 Å². The van der Waals surface area contributed by atoms with Crippen molar-refractivity contribution in [2.24, 2.45) is 0 Å². The molecule has 0 aliphatic carbocycles. The number of nitrogens with one attached hydrogen (secondary N) is 1. The fourth-order valence-corrected chi connectivity index (χ4v) is 3.33. The molecule has 2 aliphatic rings. The molecule has 25 heavy (non-hydrogen) atoms. The third-order valence-electron chi connectivity index (χ3n) is 4.72. The van der Waals surface area contributed by atoms with E-state index in [9.17, 15) is 4.79 Å². The number of hydrogen-bond acceptors (Lipinski definition) is 5. The molecule has 1 aromatic carbocycles. The molecule has 2 amide bonds. The van der Waals surface area contributed by atoms with Crippen molar-refractivity contribution < 1.29 is 9.21 Å². The van der Waals surface area contributed by atoms with Crippen LogP contribution < -0.4 is 5.32 Å². The molecular weight excluding hydrogens is 318 g/mol. The molecule has 1 fully saturated rings. The van der Waals surface area contributed by atoms with E-state index in [4.69, 9.17) is 4.42 Å². The van der Waals surface area contributed by atoms with Gasteiger partial charge >= 0.3 is 6.03 Å². The van der Waals surface area contributed by atoms with E-state index < -0.39 is 0 Å². The minimum absolute atomic E-state index is 0.0453. The number of nitrogens with zero attached hydrogens (tertiary/aromatic N) is 4. The Morgan fingerprint density at radius 1 is 1.20 bits per heavy atom. The second-order valence-corrected chi connectivity index (χ2v) is 6.45. The van der Waals surface area contributed by atoms with Crippen LogP contribution in [0.2, 0.25) is 0 Å². The van der Waals surface area contributed by atoms with E-state index in [0.717, 1.165) is 43.9 Å². The van der Waals surface area contributed by atoms with Crippen LogP contribution in [0.25, 0.3) is 11.5 Å². The number of urea groups is 1. The molecule has 0 spiro atoms. The highest BCUT2D eigenvalue weighted by atomic mass is 16.4. The molecule has 0 bridgehead atoms. The Balaban J connectivity index is 1.35. The van der Waals surface area contributed by atoms with E-state index in [2.05, 4.69) is 32.6 Å². The second kappa shape index (κ2) is 6.68. The van der Waals surface area contributed by atoms with Gasteiger partial charge in [0.25, 0.3) is 0 Å². The average Bonchev–Trinajstić information content (AvgIpc) is 3.36. The lowest BCUT2D eigenvalue weighted by molar-refractivity contribution is 0.212. The van der Waals surface area contributed by atoms with Crippen LogP contribution in [0, 0.1) is 6.92 Å². The maximum Gasteiger partial charge on any atom is 0.321 e. The van der Waals surface area contributed by atoms with Gasteiger partial charge in [-0.3, -0.25) is 4.90 Å². The monoisotopic (exact) mass is 339 g/mol. The maximum absolute atomic E-state index is 12.5. The van der Waals surface area contributed by atoms with Crippen molar-refractivity contribution in [3.63, 3.8) is 0 Å². The lowest BCUT2D eigenvalue weighted by atomic mass is 10.2. The van der Waals surface area contributed by atoms with Crippen molar-refractivity contribution >= 4 is 11.7 Å². The summed E-state index contributed by atoms with van der Waals surface area (Å²) < 4.78 is 5.40. The van der Waals surface area contributed by atoms with Gasteiger partial charge in [0.05, 0.1) is 0 Å². The van der Waals surface area contributed by atoms with Gasteiger partial charge in [-0.05, 0) is 30.7 Å². The first-order chi connectivity index (χ1) is 12.2. The summed E-state index contributed by atoms with van der Waals surface area (Å²) in [7, 11) is 0. The molecule has 2 aromatic rings. The molecule has 1 atom stereocenters. The molecule has 0 radical (unpaired) electrons. The highest BCUT2D eigenvalue weighted by Gasteiger charge is 2.30. The third kappa shape index (κ3) is 3.41. The molecule has 0 saturated carbocycles. The van der Waals surface area contributed by atoms with Crippen LogP contribution in [-0.4, -0.2) is 58.2 Å². The Morgan fingerprint density at radius 3 is 2.64 bits per heavy atom. The number of rotatable bonds is 3. The number of benzene rings is 1. The number of carbonyl (C=O) groups is 1. The van der Waals surface area contributed by atoms with Crippen molar-refractivity contribution in [2.75, 3.05) is 31.5 Å². The fraction of sp³-hybridized carbons (Fsp3) is 0.389. The first kappa shape index (κ1) is 15.8. The molecule has 1 saturated heterocycles. The molecule has 7 heteroatoms. The number of likely N-dealkylation sites (tertiary alicyclic amines) is 1. The Kier molecular flexibility index (Phi) is 4.23. The molecule has 1 N–H and O–H groups in total. The zero-order valence-electron chi connectivity index (χ0n) is 14.2. The van der Waals surface area contributed by atoms with Gasteiger partial charge in [0.15, 0.2) is 0 Å². The molecule has 2 aliphatic heterocycles. The number of carbonyl (C=O) groups excluding carboxylic acids is 1.